The van der Waals surface area contributed by atoms with Gasteiger partial charge in [-0.3, -0.25) is 4.79 Å². The van der Waals surface area contributed by atoms with Crippen LogP contribution < -0.4 is 11.1 Å². The molecule has 0 bridgehead atoms. The number of aromatic hydroxyl groups is 1. The van der Waals surface area contributed by atoms with E-state index in [4.69, 9.17) is 10.8 Å². The van der Waals surface area contributed by atoms with E-state index in [2.05, 4.69) is 5.32 Å². The molecule has 5 N–H and O–H groups in total. The zero-order valence-corrected chi connectivity index (χ0v) is 9.97. The lowest BCUT2D eigenvalue weighted by Crippen LogP contribution is -2.38. The van der Waals surface area contributed by atoms with Crippen LogP contribution in [0.1, 0.15) is 24.2 Å². The second kappa shape index (κ2) is 5.54. The van der Waals surface area contributed by atoms with Crippen molar-refractivity contribution in [3.63, 3.8) is 0 Å². The Hall–Kier alpha value is -1.75. The number of aliphatic hydroxyl groups excluding tert-OH is 1. The zero-order valence-electron chi connectivity index (χ0n) is 9.97. The van der Waals surface area contributed by atoms with E-state index >= 15 is 0 Å². The minimum Gasteiger partial charge on any atom is -0.508 e. The van der Waals surface area contributed by atoms with Gasteiger partial charge in [0.2, 0.25) is 0 Å². The summed E-state index contributed by atoms with van der Waals surface area (Å²) in [6.07, 6.45) is 0. The van der Waals surface area contributed by atoms with Crippen molar-refractivity contribution in [2.24, 2.45) is 5.92 Å². The highest BCUT2D eigenvalue weighted by atomic mass is 16.3. The summed E-state index contributed by atoms with van der Waals surface area (Å²) in [5.74, 6) is -0.407. The van der Waals surface area contributed by atoms with Crippen molar-refractivity contribution >= 4 is 11.6 Å². The van der Waals surface area contributed by atoms with Gasteiger partial charge in [-0.15, -0.1) is 0 Å². The van der Waals surface area contributed by atoms with Crippen LogP contribution in [0.15, 0.2) is 18.2 Å². The molecule has 0 aliphatic heterocycles. The second-order valence-corrected chi connectivity index (χ2v) is 4.19. The minimum absolute atomic E-state index is 0.00301. The average molecular weight is 238 g/mol. The summed E-state index contributed by atoms with van der Waals surface area (Å²) in [4.78, 5) is 11.9. The van der Waals surface area contributed by atoms with Gasteiger partial charge in [0.05, 0.1) is 5.56 Å². The SMILES string of the molecule is CC(CO)C(C)NC(=O)c1cc(O)ccc1N. The highest BCUT2D eigenvalue weighted by Crippen LogP contribution is 2.18. The molecular weight excluding hydrogens is 220 g/mol. The lowest BCUT2D eigenvalue weighted by molar-refractivity contribution is 0.0917. The van der Waals surface area contributed by atoms with E-state index in [1.54, 1.807) is 6.92 Å². The summed E-state index contributed by atoms with van der Waals surface area (Å²) in [5, 5.41) is 21.0. The molecule has 0 fully saturated rings. The first-order chi connectivity index (χ1) is 7.95. The number of phenols is 1. The molecule has 0 heterocycles. The molecule has 0 aliphatic carbocycles. The highest BCUT2D eigenvalue weighted by Gasteiger charge is 2.17. The monoisotopic (exact) mass is 238 g/mol. The van der Waals surface area contributed by atoms with Gasteiger partial charge < -0.3 is 21.3 Å². The van der Waals surface area contributed by atoms with Crippen LogP contribution in [0.25, 0.3) is 0 Å². The summed E-state index contributed by atoms with van der Waals surface area (Å²) < 4.78 is 0. The van der Waals surface area contributed by atoms with Gasteiger partial charge in [-0.25, -0.2) is 0 Å². The molecule has 2 unspecified atom stereocenters. The van der Waals surface area contributed by atoms with Gasteiger partial charge in [0.15, 0.2) is 0 Å². The number of aliphatic hydroxyl groups is 1. The van der Waals surface area contributed by atoms with Crippen LogP contribution in [-0.4, -0.2) is 28.8 Å². The summed E-state index contributed by atoms with van der Waals surface area (Å²) in [6, 6.07) is 4.05. The molecular formula is C12H18N2O3. The van der Waals surface area contributed by atoms with Crippen molar-refractivity contribution in [3.8, 4) is 5.75 Å². The molecule has 5 heteroatoms. The average Bonchev–Trinajstić information content (AvgIpc) is 2.30. The van der Waals surface area contributed by atoms with E-state index in [0.717, 1.165) is 0 Å². The number of nitrogen functional groups attached to an aromatic ring is 1. The molecule has 2 atom stereocenters. The van der Waals surface area contributed by atoms with E-state index in [0.29, 0.717) is 5.69 Å². The van der Waals surface area contributed by atoms with Gasteiger partial charge in [0, 0.05) is 18.3 Å². The van der Waals surface area contributed by atoms with Gasteiger partial charge in [0.25, 0.3) is 5.91 Å². The van der Waals surface area contributed by atoms with Crippen molar-refractivity contribution < 1.29 is 15.0 Å². The molecule has 1 rings (SSSR count). The van der Waals surface area contributed by atoms with Crippen LogP contribution in [0.5, 0.6) is 5.75 Å². The zero-order chi connectivity index (χ0) is 13.0. The molecule has 1 aromatic carbocycles. The Bertz CT molecular complexity index is 407. The molecule has 5 nitrogen and oxygen atoms in total. The first-order valence-corrected chi connectivity index (χ1v) is 5.46. The number of rotatable bonds is 4. The largest absolute Gasteiger partial charge is 0.508 e. The summed E-state index contributed by atoms with van der Waals surface area (Å²) in [5.41, 5.74) is 6.20. The van der Waals surface area contributed by atoms with E-state index in [1.165, 1.54) is 18.2 Å². The van der Waals surface area contributed by atoms with Crippen molar-refractivity contribution in [2.45, 2.75) is 19.9 Å². The third kappa shape index (κ3) is 3.35. The third-order valence-corrected chi connectivity index (χ3v) is 2.78. The van der Waals surface area contributed by atoms with Crippen LogP contribution in [0.2, 0.25) is 0 Å². The Morgan fingerprint density at radius 2 is 2.12 bits per heavy atom. The molecule has 0 radical (unpaired) electrons. The summed E-state index contributed by atoms with van der Waals surface area (Å²) in [6.45, 7) is 3.63. The third-order valence-electron chi connectivity index (χ3n) is 2.78. The number of carbonyl (C=O) groups is 1. The number of amides is 1. The Kier molecular flexibility index (Phi) is 4.34. The van der Waals surface area contributed by atoms with E-state index in [1.807, 2.05) is 6.92 Å². The van der Waals surface area contributed by atoms with E-state index < -0.39 is 0 Å². The van der Waals surface area contributed by atoms with Gasteiger partial charge >= 0.3 is 0 Å². The standard InChI is InChI=1S/C12H18N2O3/c1-7(6-15)8(2)14-12(17)10-5-9(16)3-4-11(10)13/h3-5,7-8,15-16H,6,13H2,1-2H3,(H,14,17). The Balaban J connectivity index is 2.79. The molecule has 94 valence electrons. The lowest BCUT2D eigenvalue weighted by Gasteiger charge is -2.19. The molecule has 0 aliphatic rings. The molecule has 0 aromatic heterocycles. The number of hydrogen-bond donors (Lipinski definition) is 4. The van der Waals surface area contributed by atoms with Crippen LogP contribution in [0, 0.1) is 5.92 Å². The lowest BCUT2D eigenvalue weighted by atomic mass is 10.0. The van der Waals surface area contributed by atoms with Crippen LogP contribution >= 0.6 is 0 Å². The number of phenolic OH excluding ortho intramolecular Hbond substituents is 1. The fraction of sp³-hybridized carbons (Fsp3) is 0.417. The molecule has 0 saturated carbocycles. The maximum absolute atomic E-state index is 11.9. The Morgan fingerprint density at radius 1 is 1.47 bits per heavy atom. The Morgan fingerprint density at radius 3 is 2.71 bits per heavy atom. The maximum Gasteiger partial charge on any atom is 0.253 e. The number of nitrogens with two attached hydrogens (primary N) is 1. The quantitative estimate of drug-likeness (QED) is 0.459. The maximum atomic E-state index is 11.9. The smallest absolute Gasteiger partial charge is 0.253 e. The predicted molar refractivity (Wildman–Crippen MR) is 65.7 cm³/mol. The Labute approximate surface area is 100 Å². The fourth-order valence-corrected chi connectivity index (χ4v) is 1.33. The second-order valence-electron chi connectivity index (χ2n) is 4.19. The van der Waals surface area contributed by atoms with Crippen LogP contribution in [-0.2, 0) is 0 Å². The van der Waals surface area contributed by atoms with Gasteiger partial charge in [0.1, 0.15) is 5.75 Å². The van der Waals surface area contributed by atoms with Crippen molar-refractivity contribution in [2.75, 3.05) is 12.3 Å². The normalized spacial score (nSPS) is 14.1. The summed E-state index contributed by atoms with van der Waals surface area (Å²) >= 11 is 0. The molecule has 0 saturated heterocycles. The number of anilines is 1. The number of nitrogens with one attached hydrogen (secondary N) is 1. The van der Waals surface area contributed by atoms with Crippen LogP contribution in [0.3, 0.4) is 0 Å². The topological polar surface area (TPSA) is 95.6 Å². The predicted octanol–water partition coefficient (Wildman–Crippen LogP) is 0.721. The van der Waals surface area contributed by atoms with Crippen molar-refractivity contribution in [1.29, 1.82) is 0 Å². The highest BCUT2D eigenvalue weighted by molar-refractivity contribution is 5.99. The van der Waals surface area contributed by atoms with E-state index in [9.17, 15) is 9.90 Å². The summed E-state index contributed by atoms with van der Waals surface area (Å²) in [7, 11) is 0. The molecule has 0 spiro atoms. The van der Waals surface area contributed by atoms with Gasteiger partial charge in [-0.05, 0) is 31.0 Å². The number of carbonyl (C=O) groups excluding carboxylic acids is 1. The van der Waals surface area contributed by atoms with Gasteiger partial charge in [-0.2, -0.15) is 0 Å². The number of benzene rings is 1. The number of hydrogen-bond acceptors (Lipinski definition) is 4. The van der Waals surface area contributed by atoms with Crippen LogP contribution in [0.4, 0.5) is 5.69 Å². The first-order valence-electron chi connectivity index (χ1n) is 5.46. The van der Waals surface area contributed by atoms with Crippen molar-refractivity contribution in [1.82, 2.24) is 5.32 Å². The van der Waals surface area contributed by atoms with E-state index in [-0.39, 0.29) is 35.8 Å². The minimum atomic E-state index is -0.355. The molecule has 1 aromatic rings. The molecule has 1 amide bonds. The first kappa shape index (κ1) is 13.3. The van der Waals surface area contributed by atoms with Gasteiger partial charge in [-0.1, -0.05) is 6.92 Å². The van der Waals surface area contributed by atoms with Crippen molar-refractivity contribution in [3.05, 3.63) is 23.8 Å². The molecule has 17 heavy (non-hydrogen) atoms. The fourth-order valence-electron chi connectivity index (χ4n) is 1.33.